The lowest BCUT2D eigenvalue weighted by Gasteiger charge is -2.19. The summed E-state index contributed by atoms with van der Waals surface area (Å²) in [4.78, 5) is 27.0. The average molecular weight is 492 g/mol. The maximum Gasteiger partial charge on any atom is 0.261 e. The highest BCUT2D eigenvalue weighted by Crippen LogP contribution is 2.24. The quantitative estimate of drug-likeness (QED) is 0.541. The first-order chi connectivity index (χ1) is 14.2. The highest BCUT2D eigenvalue weighted by Gasteiger charge is 2.17. The van der Waals surface area contributed by atoms with E-state index < -0.39 is 0 Å². The summed E-state index contributed by atoms with van der Waals surface area (Å²) < 4.78 is 6.47. The molecule has 0 radical (unpaired) electrons. The summed E-state index contributed by atoms with van der Waals surface area (Å²) >= 11 is 8.67. The molecular formula is C22H26BrN3O3S. The zero-order valence-electron chi connectivity index (χ0n) is 17.5. The van der Waals surface area contributed by atoms with Gasteiger partial charge in [-0.15, -0.1) is 0 Å². The van der Waals surface area contributed by atoms with Crippen molar-refractivity contribution < 1.29 is 14.3 Å². The number of carbonyl (C=O) groups is 2. The number of carbonyl (C=O) groups excluding carboxylic acids is 2. The van der Waals surface area contributed by atoms with Crippen molar-refractivity contribution in [3.05, 3.63) is 58.1 Å². The Morgan fingerprint density at radius 1 is 1.13 bits per heavy atom. The van der Waals surface area contributed by atoms with Gasteiger partial charge < -0.3 is 15.0 Å². The van der Waals surface area contributed by atoms with Crippen LogP contribution in [0.5, 0.6) is 5.75 Å². The van der Waals surface area contributed by atoms with Crippen LogP contribution in [0.4, 0.5) is 5.69 Å². The lowest BCUT2D eigenvalue weighted by molar-refractivity contribution is 0.0772. The SMILES string of the molecule is CCN(CC)C(=O)c1cccc(NC(=S)NC(=O)c2cc(Br)ccc2OC(C)C)c1. The Labute approximate surface area is 191 Å². The van der Waals surface area contributed by atoms with Crippen molar-refractivity contribution in [3.8, 4) is 5.75 Å². The van der Waals surface area contributed by atoms with Gasteiger partial charge in [0.1, 0.15) is 5.75 Å². The second-order valence-electron chi connectivity index (χ2n) is 6.77. The van der Waals surface area contributed by atoms with Gasteiger partial charge in [-0.2, -0.15) is 0 Å². The number of benzene rings is 2. The van der Waals surface area contributed by atoms with Crippen LogP contribution in [-0.4, -0.2) is 41.0 Å². The van der Waals surface area contributed by atoms with Crippen molar-refractivity contribution in [2.24, 2.45) is 0 Å². The van der Waals surface area contributed by atoms with E-state index in [1.54, 1.807) is 41.3 Å². The van der Waals surface area contributed by atoms with E-state index in [1.807, 2.05) is 33.8 Å². The first kappa shape index (κ1) is 23.8. The topological polar surface area (TPSA) is 70.7 Å². The fourth-order valence-corrected chi connectivity index (χ4v) is 3.36. The predicted octanol–water partition coefficient (Wildman–Crippen LogP) is 4.85. The molecule has 0 aliphatic carbocycles. The van der Waals surface area contributed by atoms with Crippen molar-refractivity contribution >= 4 is 50.8 Å². The van der Waals surface area contributed by atoms with Crippen LogP contribution < -0.4 is 15.4 Å². The number of nitrogens with zero attached hydrogens (tertiary/aromatic N) is 1. The number of ether oxygens (including phenoxy) is 1. The van der Waals surface area contributed by atoms with Gasteiger partial charge in [-0.3, -0.25) is 14.9 Å². The predicted molar refractivity (Wildman–Crippen MR) is 127 cm³/mol. The molecule has 2 aromatic carbocycles. The lowest BCUT2D eigenvalue weighted by Crippen LogP contribution is -2.34. The molecule has 2 N–H and O–H groups in total. The number of amides is 2. The Kier molecular flexibility index (Phi) is 8.80. The number of hydrogen-bond acceptors (Lipinski definition) is 4. The van der Waals surface area contributed by atoms with Crippen LogP contribution in [-0.2, 0) is 0 Å². The van der Waals surface area contributed by atoms with Crippen molar-refractivity contribution in [2.45, 2.75) is 33.8 Å². The molecule has 0 fully saturated rings. The van der Waals surface area contributed by atoms with Gasteiger partial charge >= 0.3 is 0 Å². The molecule has 30 heavy (non-hydrogen) atoms. The summed E-state index contributed by atoms with van der Waals surface area (Å²) in [6, 6.07) is 12.2. The Hall–Kier alpha value is -2.45. The number of nitrogens with one attached hydrogen (secondary N) is 2. The zero-order chi connectivity index (χ0) is 22.3. The minimum absolute atomic E-state index is 0.0526. The molecule has 6 nitrogen and oxygen atoms in total. The molecule has 0 unspecified atom stereocenters. The molecule has 0 heterocycles. The second kappa shape index (κ2) is 11.1. The van der Waals surface area contributed by atoms with Gasteiger partial charge in [-0.25, -0.2) is 0 Å². The van der Waals surface area contributed by atoms with E-state index in [4.69, 9.17) is 17.0 Å². The third kappa shape index (κ3) is 6.53. The third-order valence-corrected chi connectivity index (χ3v) is 4.89. The van der Waals surface area contributed by atoms with Crippen LogP contribution in [0.25, 0.3) is 0 Å². The second-order valence-corrected chi connectivity index (χ2v) is 8.10. The van der Waals surface area contributed by atoms with Crippen LogP contribution >= 0.6 is 28.1 Å². The number of rotatable bonds is 7. The van der Waals surface area contributed by atoms with E-state index in [9.17, 15) is 9.59 Å². The van der Waals surface area contributed by atoms with Crippen molar-refractivity contribution in [1.29, 1.82) is 0 Å². The molecule has 2 aromatic rings. The van der Waals surface area contributed by atoms with E-state index >= 15 is 0 Å². The van der Waals surface area contributed by atoms with Gasteiger partial charge in [-0.05, 0) is 76.3 Å². The van der Waals surface area contributed by atoms with Crippen molar-refractivity contribution in [1.82, 2.24) is 10.2 Å². The van der Waals surface area contributed by atoms with Crippen LogP contribution in [0.1, 0.15) is 48.4 Å². The smallest absolute Gasteiger partial charge is 0.261 e. The van der Waals surface area contributed by atoms with E-state index in [2.05, 4.69) is 26.6 Å². The molecule has 2 rings (SSSR count). The molecule has 0 aromatic heterocycles. The third-order valence-electron chi connectivity index (χ3n) is 4.19. The molecule has 2 amide bonds. The Balaban J connectivity index is 2.11. The first-order valence-electron chi connectivity index (χ1n) is 9.73. The zero-order valence-corrected chi connectivity index (χ0v) is 19.9. The molecule has 160 valence electrons. The van der Waals surface area contributed by atoms with Gasteiger partial charge in [0.15, 0.2) is 5.11 Å². The Morgan fingerprint density at radius 2 is 1.83 bits per heavy atom. The van der Waals surface area contributed by atoms with Gasteiger partial charge in [0, 0.05) is 28.8 Å². The molecular weight excluding hydrogens is 466 g/mol. The average Bonchev–Trinajstić information content (AvgIpc) is 2.69. The maximum absolute atomic E-state index is 12.7. The molecule has 0 spiro atoms. The van der Waals surface area contributed by atoms with Crippen LogP contribution in [0.2, 0.25) is 0 Å². The molecule has 0 bridgehead atoms. The summed E-state index contributed by atoms with van der Waals surface area (Å²) in [6.07, 6.45) is -0.0751. The molecule has 0 saturated carbocycles. The number of thiocarbonyl (C=S) groups is 1. The van der Waals surface area contributed by atoms with Crippen molar-refractivity contribution in [3.63, 3.8) is 0 Å². The summed E-state index contributed by atoms with van der Waals surface area (Å²) in [5, 5.41) is 5.76. The van der Waals surface area contributed by atoms with Crippen LogP contribution in [0.3, 0.4) is 0 Å². The van der Waals surface area contributed by atoms with Gasteiger partial charge in [0.25, 0.3) is 11.8 Å². The van der Waals surface area contributed by atoms with Crippen LogP contribution in [0.15, 0.2) is 46.9 Å². The van der Waals surface area contributed by atoms with Gasteiger partial charge in [0.2, 0.25) is 0 Å². The fraction of sp³-hybridized carbons (Fsp3) is 0.318. The van der Waals surface area contributed by atoms with Crippen molar-refractivity contribution in [2.75, 3.05) is 18.4 Å². The highest BCUT2D eigenvalue weighted by molar-refractivity contribution is 9.10. The highest BCUT2D eigenvalue weighted by atomic mass is 79.9. The summed E-state index contributed by atoms with van der Waals surface area (Å²) in [6.45, 7) is 8.93. The largest absolute Gasteiger partial charge is 0.490 e. The fourth-order valence-electron chi connectivity index (χ4n) is 2.79. The summed E-state index contributed by atoms with van der Waals surface area (Å²) in [5.41, 5.74) is 1.54. The van der Waals surface area contributed by atoms with E-state index in [1.165, 1.54) is 0 Å². The lowest BCUT2D eigenvalue weighted by atomic mass is 10.1. The minimum atomic E-state index is -0.389. The molecule has 8 heteroatoms. The summed E-state index contributed by atoms with van der Waals surface area (Å²) in [7, 11) is 0. The molecule has 0 atom stereocenters. The first-order valence-corrected chi connectivity index (χ1v) is 10.9. The molecule has 0 aliphatic heterocycles. The standard InChI is InChI=1S/C22H26BrN3O3S/c1-5-26(6-2)21(28)15-8-7-9-17(12-15)24-22(30)25-20(27)18-13-16(23)10-11-19(18)29-14(3)4/h7-14H,5-6H2,1-4H3,(H2,24,25,27,30). The molecule has 0 saturated heterocycles. The minimum Gasteiger partial charge on any atom is -0.490 e. The van der Waals surface area contributed by atoms with E-state index in [0.29, 0.717) is 35.7 Å². The Morgan fingerprint density at radius 3 is 2.47 bits per heavy atom. The normalized spacial score (nSPS) is 10.5. The van der Waals surface area contributed by atoms with Crippen LogP contribution in [0, 0.1) is 0 Å². The van der Waals surface area contributed by atoms with Gasteiger partial charge in [0.05, 0.1) is 11.7 Å². The molecule has 0 aliphatic rings. The summed E-state index contributed by atoms with van der Waals surface area (Å²) in [5.74, 6) is 0.0309. The number of halogens is 1. The van der Waals surface area contributed by atoms with E-state index in [0.717, 1.165) is 4.47 Å². The van der Waals surface area contributed by atoms with E-state index in [-0.39, 0.29) is 23.0 Å². The maximum atomic E-state index is 12.7. The number of hydrogen-bond donors (Lipinski definition) is 2. The van der Waals surface area contributed by atoms with Gasteiger partial charge in [-0.1, -0.05) is 22.0 Å². The number of anilines is 1. The monoisotopic (exact) mass is 491 g/mol. The Bertz CT molecular complexity index is 930.